The highest BCUT2D eigenvalue weighted by molar-refractivity contribution is 5.66. The third-order valence-electron chi connectivity index (χ3n) is 1.20. The summed E-state index contributed by atoms with van der Waals surface area (Å²) in [7, 11) is 2.99. The predicted octanol–water partition coefficient (Wildman–Crippen LogP) is 0.557. The van der Waals surface area contributed by atoms with E-state index < -0.39 is 6.29 Å². The van der Waals surface area contributed by atoms with E-state index >= 15 is 0 Å². The molecule has 0 amide bonds. The third-order valence-corrected chi connectivity index (χ3v) is 1.20. The summed E-state index contributed by atoms with van der Waals surface area (Å²) in [5, 5.41) is 0. The molecule has 0 fully saturated rings. The van der Waals surface area contributed by atoms with Crippen LogP contribution in [0.2, 0.25) is 0 Å². The van der Waals surface area contributed by atoms with E-state index in [0.717, 1.165) is 0 Å². The molecule has 1 atom stereocenters. The quantitative estimate of drug-likeness (QED) is 0.447. The van der Waals surface area contributed by atoms with Crippen molar-refractivity contribution in [2.24, 2.45) is 0 Å². The van der Waals surface area contributed by atoms with Crippen LogP contribution in [0, 0.1) is 0 Å². The van der Waals surface area contributed by atoms with Gasteiger partial charge in [-0.1, -0.05) is 0 Å². The van der Waals surface area contributed by atoms with Gasteiger partial charge in [-0.2, -0.15) is 0 Å². The van der Waals surface area contributed by atoms with E-state index in [2.05, 4.69) is 0 Å². The first kappa shape index (κ1) is 10.4. The molecule has 0 aromatic rings. The average Bonchev–Trinajstić information content (AvgIpc) is 1.88. The minimum absolute atomic E-state index is 0.336. The fourth-order valence-corrected chi connectivity index (χ4v) is 0.797. The van der Waals surface area contributed by atoms with Gasteiger partial charge in [0, 0.05) is 21.1 Å². The predicted molar refractivity (Wildman–Crippen MR) is 39.0 cm³/mol. The van der Waals surface area contributed by atoms with Gasteiger partial charge in [-0.3, -0.25) is 4.79 Å². The van der Waals surface area contributed by atoms with E-state index in [4.69, 9.17) is 14.2 Å². The molecule has 0 rings (SSSR count). The molecule has 0 aliphatic carbocycles. The second-order valence-electron chi connectivity index (χ2n) is 2.15. The Hall–Kier alpha value is -0.610. The van der Waals surface area contributed by atoms with E-state index in [1.807, 2.05) is 0 Å². The second kappa shape index (κ2) is 5.09. The number of methoxy groups -OCH3 is 2. The molecule has 0 saturated carbocycles. The van der Waals surface area contributed by atoms with E-state index in [0.29, 0.717) is 0 Å². The first-order valence-corrected chi connectivity index (χ1v) is 3.34. The van der Waals surface area contributed by atoms with Gasteiger partial charge >= 0.3 is 5.97 Å². The van der Waals surface area contributed by atoms with Crippen LogP contribution in [0.5, 0.6) is 0 Å². The Kier molecular flexibility index (Phi) is 4.81. The Bertz CT molecular complexity index is 120. The van der Waals surface area contributed by atoms with Crippen molar-refractivity contribution < 1.29 is 19.0 Å². The third kappa shape index (κ3) is 3.95. The van der Waals surface area contributed by atoms with E-state index in [1.165, 1.54) is 21.1 Å². The Morgan fingerprint density at radius 2 is 1.73 bits per heavy atom. The molecule has 0 aliphatic heterocycles. The highest BCUT2D eigenvalue weighted by Crippen LogP contribution is 2.03. The number of ether oxygens (including phenoxy) is 3. The molecule has 4 nitrogen and oxygen atoms in total. The molecule has 4 heteroatoms. The highest BCUT2D eigenvalue weighted by atomic mass is 16.7. The molecule has 0 radical (unpaired) electrons. The molecule has 11 heavy (non-hydrogen) atoms. The first-order chi connectivity index (χ1) is 5.11. The largest absolute Gasteiger partial charge is 0.457 e. The van der Waals surface area contributed by atoms with Crippen LogP contribution in [0.4, 0.5) is 0 Å². The van der Waals surface area contributed by atoms with Crippen molar-refractivity contribution in [3.05, 3.63) is 0 Å². The van der Waals surface area contributed by atoms with Gasteiger partial charge in [0.15, 0.2) is 6.29 Å². The summed E-state index contributed by atoms with van der Waals surface area (Å²) in [6.07, 6.45) is -0.860. The standard InChI is InChI=1S/C7H14O4/c1-5(11-6(2)8)7(9-3)10-4/h5,7H,1-4H3. The van der Waals surface area contributed by atoms with Gasteiger partial charge in [-0.05, 0) is 6.92 Å². The van der Waals surface area contributed by atoms with Gasteiger partial charge < -0.3 is 14.2 Å². The number of hydrogen-bond donors (Lipinski definition) is 0. The first-order valence-electron chi connectivity index (χ1n) is 3.34. The molecular weight excluding hydrogens is 148 g/mol. The van der Waals surface area contributed by atoms with Crippen LogP contribution in [0.3, 0.4) is 0 Å². The number of hydrogen-bond acceptors (Lipinski definition) is 4. The molecular formula is C7H14O4. The fraction of sp³-hybridized carbons (Fsp3) is 0.857. The van der Waals surface area contributed by atoms with Gasteiger partial charge in [-0.25, -0.2) is 0 Å². The summed E-state index contributed by atoms with van der Waals surface area (Å²) in [4.78, 5) is 10.5. The Morgan fingerprint density at radius 3 is 2.00 bits per heavy atom. The maximum atomic E-state index is 10.5. The van der Waals surface area contributed by atoms with Gasteiger partial charge in [0.2, 0.25) is 0 Å². The van der Waals surface area contributed by atoms with E-state index in [9.17, 15) is 4.79 Å². The molecule has 0 N–H and O–H groups in total. The van der Waals surface area contributed by atoms with Crippen molar-refractivity contribution in [1.29, 1.82) is 0 Å². The van der Waals surface area contributed by atoms with Gasteiger partial charge in [0.05, 0.1) is 0 Å². The Labute approximate surface area is 66.4 Å². The molecule has 0 aromatic heterocycles. The number of rotatable bonds is 4. The van der Waals surface area contributed by atoms with Gasteiger partial charge in [-0.15, -0.1) is 0 Å². The summed E-state index contributed by atoms with van der Waals surface area (Å²) in [5.41, 5.74) is 0. The van der Waals surface area contributed by atoms with Gasteiger partial charge in [0.25, 0.3) is 0 Å². The number of esters is 1. The lowest BCUT2D eigenvalue weighted by Gasteiger charge is -2.20. The van der Waals surface area contributed by atoms with Crippen LogP contribution < -0.4 is 0 Å². The van der Waals surface area contributed by atoms with Crippen LogP contribution in [-0.2, 0) is 19.0 Å². The highest BCUT2D eigenvalue weighted by Gasteiger charge is 2.17. The molecule has 0 spiro atoms. The minimum Gasteiger partial charge on any atom is -0.457 e. The van der Waals surface area contributed by atoms with E-state index in [1.54, 1.807) is 6.92 Å². The maximum absolute atomic E-state index is 10.5. The summed E-state index contributed by atoms with van der Waals surface area (Å²) in [6.45, 7) is 3.05. The van der Waals surface area contributed by atoms with Crippen molar-refractivity contribution in [2.45, 2.75) is 26.2 Å². The van der Waals surface area contributed by atoms with Crippen molar-refractivity contribution in [1.82, 2.24) is 0 Å². The zero-order valence-corrected chi connectivity index (χ0v) is 7.29. The lowest BCUT2D eigenvalue weighted by molar-refractivity contribution is -0.186. The van der Waals surface area contributed by atoms with Crippen molar-refractivity contribution in [2.75, 3.05) is 14.2 Å². The summed E-state index contributed by atoms with van der Waals surface area (Å²) in [6, 6.07) is 0. The van der Waals surface area contributed by atoms with Crippen LogP contribution in [0.25, 0.3) is 0 Å². The van der Waals surface area contributed by atoms with Crippen molar-refractivity contribution >= 4 is 5.97 Å². The number of carbonyl (C=O) groups is 1. The molecule has 0 aromatic carbocycles. The van der Waals surface area contributed by atoms with Crippen LogP contribution >= 0.6 is 0 Å². The lowest BCUT2D eigenvalue weighted by Crippen LogP contribution is -2.31. The fourth-order valence-electron chi connectivity index (χ4n) is 0.797. The number of carbonyl (C=O) groups excluding carboxylic acids is 1. The molecule has 0 heterocycles. The molecule has 0 saturated heterocycles. The molecule has 0 bridgehead atoms. The zero-order chi connectivity index (χ0) is 8.85. The van der Waals surface area contributed by atoms with E-state index in [-0.39, 0.29) is 12.1 Å². The average molecular weight is 162 g/mol. The minimum atomic E-state index is -0.487. The van der Waals surface area contributed by atoms with Gasteiger partial charge in [0.1, 0.15) is 6.10 Å². The van der Waals surface area contributed by atoms with Crippen molar-refractivity contribution in [3.8, 4) is 0 Å². The zero-order valence-electron chi connectivity index (χ0n) is 7.29. The van der Waals surface area contributed by atoms with Crippen LogP contribution in [0.1, 0.15) is 13.8 Å². The summed E-state index contributed by atoms with van der Waals surface area (Å²) in [5.74, 6) is -0.336. The molecule has 66 valence electrons. The topological polar surface area (TPSA) is 44.8 Å². The maximum Gasteiger partial charge on any atom is 0.303 e. The van der Waals surface area contributed by atoms with Crippen LogP contribution in [-0.4, -0.2) is 32.6 Å². The van der Waals surface area contributed by atoms with Crippen LogP contribution in [0.15, 0.2) is 0 Å². The monoisotopic (exact) mass is 162 g/mol. The summed E-state index contributed by atoms with van der Waals surface area (Å²) >= 11 is 0. The SMILES string of the molecule is COC(OC)C(C)OC(C)=O. The normalized spacial score (nSPS) is 13.2. The second-order valence-corrected chi connectivity index (χ2v) is 2.15. The Morgan fingerprint density at radius 1 is 1.27 bits per heavy atom. The lowest BCUT2D eigenvalue weighted by atomic mass is 10.4. The molecule has 0 aliphatic rings. The summed E-state index contributed by atoms with van der Waals surface area (Å²) < 4.78 is 14.5. The Balaban J connectivity index is 3.78. The smallest absolute Gasteiger partial charge is 0.303 e. The van der Waals surface area contributed by atoms with Crippen molar-refractivity contribution in [3.63, 3.8) is 0 Å². The molecule has 1 unspecified atom stereocenters.